The van der Waals surface area contributed by atoms with Gasteiger partial charge in [0.25, 0.3) is 5.91 Å². The van der Waals surface area contributed by atoms with Crippen molar-refractivity contribution in [2.45, 2.75) is 13.5 Å². The Kier molecular flexibility index (Phi) is 3.56. The normalized spacial score (nSPS) is 10.4. The average Bonchev–Trinajstić information content (AvgIpc) is 2.90. The minimum absolute atomic E-state index is 0.121. The molecule has 0 aromatic carbocycles. The molecule has 0 fully saturated rings. The number of quaternary nitrogens is 1. The van der Waals surface area contributed by atoms with Crippen LogP contribution in [0.5, 0.6) is 0 Å². The molecule has 0 spiro atoms. The summed E-state index contributed by atoms with van der Waals surface area (Å²) < 4.78 is 9.99. The van der Waals surface area contributed by atoms with Crippen LogP contribution in [0.15, 0.2) is 33.4 Å². The van der Waals surface area contributed by atoms with E-state index < -0.39 is 0 Å². The van der Waals surface area contributed by atoms with Crippen LogP contribution in [-0.4, -0.2) is 17.6 Å². The maximum Gasteiger partial charge on any atom is 0.280 e. The van der Waals surface area contributed by atoms with Crippen LogP contribution in [0.2, 0.25) is 0 Å². The molecule has 0 atom stereocenters. The molecular weight excluding hydrogens is 222 g/mol. The van der Waals surface area contributed by atoms with Crippen molar-refractivity contribution in [2.24, 2.45) is 0 Å². The van der Waals surface area contributed by atoms with Crippen LogP contribution in [0.3, 0.4) is 0 Å². The fourth-order valence-corrected chi connectivity index (χ4v) is 1.39. The number of hydrogen-bond donors (Lipinski definition) is 2. The second-order valence-corrected chi connectivity index (χ2v) is 3.65. The van der Waals surface area contributed by atoms with Crippen molar-refractivity contribution in [2.75, 3.05) is 11.9 Å². The van der Waals surface area contributed by atoms with Crippen molar-refractivity contribution in [3.05, 3.63) is 36.0 Å². The lowest BCUT2D eigenvalue weighted by Gasteiger charge is -1.99. The molecule has 0 radical (unpaired) electrons. The molecule has 0 bridgehead atoms. The number of carbonyl (C=O) groups excluding carboxylic acids is 1. The van der Waals surface area contributed by atoms with E-state index in [1.54, 1.807) is 19.3 Å². The van der Waals surface area contributed by atoms with Gasteiger partial charge in [-0.15, -0.1) is 0 Å². The van der Waals surface area contributed by atoms with Gasteiger partial charge in [0.1, 0.15) is 12.3 Å². The zero-order valence-corrected chi connectivity index (χ0v) is 9.47. The van der Waals surface area contributed by atoms with Gasteiger partial charge in [-0.2, -0.15) is 0 Å². The number of amides is 1. The molecule has 2 heterocycles. The van der Waals surface area contributed by atoms with E-state index in [1.165, 1.54) is 0 Å². The SMILES string of the molecule is Cc1cc(NC(=O)C[NH2+]Cc2ccco2)no1. The van der Waals surface area contributed by atoms with Crippen LogP contribution in [0.1, 0.15) is 11.5 Å². The Bertz CT molecular complexity index is 476. The molecule has 90 valence electrons. The number of rotatable bonds is 5. The summed E-state index contributed by atoms with van der Waals surface area (Å²) in [5, 5.41) is 8.16. The first kappa shape index (κ1) is 11.4. The van der Waals surface area contributed by atoms with Crippen molar-refractivity contribution < 1.29 is 19.1 Å². The lowest BCUT2D eigenvalue weighted by atomic mass is 10.4. The molecule has 0 saturated heterocycles. The number of carbonyl (C=O) groups is 1. The molecule has 6 nitrogen and oxygen atoms in total. The van der Waals surface area contributed by atoms with Gasteiger partial charge in [-0.05, 0) is 19.1 Å². The van der Waals surface area contributed by atoms with Gasteiger partial charge in [-0.1, -0.05) is 5.16 Å². The zero-order valence-electron chi connectivity index (χ0n) is 9.47. The second kappa shape index (κ2) is 5.31. The van der Waals surface area contributed by atoms with E-state index in [4.69, 9.17) is 8.94 Å². The van der Waals surface area contributed by atoms with E-state index in [0.717, 1.165) is 5.76 Å². The van der Waals surface area contributed by atoms with E-state index in [1.807, 2.05) is 17.4 Å². The highest BCUT2D eigenvalue weighted by molar-refractivity contribution is 5.90. The third kappa shape index (κ3) is 3.46. The summed E-state index contributed by atoms with van der Waals surface area (Å²) in [6.45, 7) is 2.72. The maximum absolute atomic E-state index is 11.5. The maximum atomic E-state index is 11.5. The van der Waals surface area contributed by atoms with Gasteiger partial charge >= 0.3 is 0 Å². The molecule has 0 aliphatic rings. The summed E-state index contributed by atoms with van der Waals surface area (Å²) in [6, 6.07) is 5.36. The molecule has 1 amide bonds. The molecule has 0 aliphatic heterocycles. The fourth-order valence-electron chi connectivity index (χ4n) is 1.39. The van der Waals surface area contributed by atoms with Gasteiger partial charge in [0, 0.05) is 6.07 Å². The first-order valence-corrected chi connectivity index (χ1v) is 5.31. The summed E-state index contributed by atoms with van der Waals surface area (Å²) in [4.78, 5) is 11.5. The number of furan rings is 1. The summed E-state index contributed by atoms with van der Waals surface area (Å²) in [7, 11) is 0. The van der Waals surface area contributed by atoms with Gasteiger partial charge in [-0.3, -0.25) is 4.79 Å². The molecule has 0 unspecified atom stereocenters. The summed E-state index contributed by atoms with van der Waals surface area (Å²) in [5.41, 5.74) is 0. The minimum atomic E-state index is -0.121. The first-order valence-electron chi connectivity index (χ1n) is 5.31. The van der Waals surface area contributed by atoms with Gasteiger partial charge in [-0.25, -0.2) is 0 Å². The van der Waals surface area contributed by atoms with Gasteiger partial charge in [0.15, 0.2) is 18.1 Å². The zero-order chi connectivity index (χ0) is 12.1. The summed E-state index contributed by atoms with van der Waals surface area (Å²) in [6.07, 6.45) is 1.61. The molecule has 2 rings (SSSR count). The Balaban J connectivity index is 1.71. The smallest absolute Gasteiger partial charge is 0.280 e. The number of aromatic nitrogens is 1. The first-order chi connectivity index (χ1) is 8.24. The predicted octanol–water partition coefficient (Wildman–Crippen LogP) is 0.278. The number of nitrogens with zero attached hydrogens (tertiary/aromatic N) is 1. The molecule has 17 heavy (non-hydrogen) atoms. The van der Waals surface area contributed by atoms with Crippen LogP contribution in [0.4, 0.5) is 5.82 Å². The van der Waals surface area contributed by atoms with Crippen molar-refractivity contribution in [3.63, 3.8) is 0 Å². The van der Waals surface area contributed by atoms with E-state index in [0.29, 0.717) is 24.7 Å². The molecule has 3 N–H and O–H groups in total. The topological polar surface area (TPSA) is 84.9 Å². The molecule has 0 saturated carbocycles. The monoisotopic (exact) mass is 236 g/mol. The Hall–Kier alpha value is -2.08. The second-order valence-electron chi connectivity index (χ2n) is 3.65. The molecule has 2 aromatic rings. The Morgan fingerprint density at radius 1 is 1.59 bits per heavy atom. The van der Waals surface area contributed by atoms with Crippen LogP contribution in [-0.2, 0) is 11.3 Å². The number of aryl methyl sites for hydroxylation is 1. The predicted molar refractivity (Wildman–Crippen MR) is 59.1 cm³/mol. The fraction of sp³-hybridized carbons (Fsp3) is 0.273. The highest BCUT2D eigenvalue weighted by atomic mass is 16.5. The van der Waals surface area contributed by atoms with Crippen molar-refractivity contribution in [1.29, 1.82) is 0 Å². The minimum Gasteiger partial charge on any atom is -0.463 e. The van der Waals surface area contributed by atoms with Crippen LogP contribution >= 0.6 is 0 Å². The van der Waals surface area contributed by atoms with E-state index in [9.17, 15) is 4.79 Å². The molecule has 2 aromatic heterocycles. The van der Waals surface area contributed by atoms with Gasteiger partial charge in [0.05, 0.1) is 6.26 Å². The number of nitrogens with one attached hydrogen (secondary N) is 1. The standard InChI is InChI=1S/C11H13N3O3/c1-8-5-10(14-17-8)13-11(15)7-12-6-9-3-2-4-16-9/h2-5,12H,6-7H2,1H3,(H,13,14,15)/p+1. The Morgan fingerprint density at radius 3 is 3.12 bits per heavy atom. The quantitative estimate of drug-likeness (QED) is 0.780. The number of nitrogens with two attached hydrogens (primary N) is 1. The van der Waals surface area contributed by atoms with Crippen LogP contribution in [0.25, 0.3) is 0 Å². The summed E-state index contributed by atoms with van der Waals surface area (Å²) in [5.74, 6) is 1.83. The third-order valence-corrected chi connectivity index (χ3v) is 2.15. The highest BCUT2D eigenvalue weighted by Crippen LogP contribution is 2.05. The average molecular weight is 236 g/mol. The highest BCUT2D eigenvalue weighted by Gasteiger charge is 2.08. The lowest BCUT2D eigenvalue weighted by molar-refractivity contribution is -0.661. The number of anilines is 1. The lowest BCUT2D eigenvalue weighted by Crippen LogP contribution is -2.84. The molecule has 6 heteroatoms. The Morgan fingerprint density at radius 2 is 2.47 bits per heavy atom. The van der Waals surface area contributed by atoms with Crippen molar-refractivity contribution in [1.82, 2.24) is 5.16 Å². The largest absolute Gasteiger partial charge is 0.463 e. The van der Waals surface area contributed by atoms with E-state index >= 15 is 0 Å². The number of hydrogen-bond acceptors (Lipinski definition) is 4. The molecular formula is C11H14N3O3+. The Labute approximate surface area is 98.0 Å². The third-order valence-electron chi connectivity index (χ3n) is 2.15. The van der Waals surface area contributed by atoms with E-state index in [2.05, 4.69) is 10.5 Å². The van der Waals surface area contributed by atoms with Crippen molar-refractivity contribution >= 4 is 11.7 Å². The van der Waals surface area contributed by atoms with Crippen LogP contribution < -0.4 is 10.6 Å². The van der Waals surface area contributed by atoms with Crippen LogP contribution in [0, 0.1) is 6.92 Å². The van der Waals surface area contributed by atoms with Gasteiger partial charge in [0.2, 0.25) is 0 Å². The summed E-state index contributed by atoms with van der Waals surface area (Å²) >= 11 is 0. The molecule has 0 aliphatic carbocycles. The van der Waals surface area contributed by atoms with Gasteiger partial charge < -0.3 is 19.6 Å². The van der Waals surface area contributed by atoms with Crippen molar-refractivity contribution in [3.8, 4) is 0 Å². The van der Waals surface area contributed by atoms with E-state index in [-0.39, 0.29) is 5.91 Å².